The highest BCUT2D eigenvalue weighted by molar-refractivity contribution is 9.10. The fraction of sp³-hybridized carbons (Fsp3) is 0.235. The number of aliphatic imine (C=N–C) groups is 1. The number of hydrogen-bond donors (Lipinski definition) is 2. The van der Waals surface area contributed by atoms with E-state index in [4.69, 9.17) is 25.1 Å². The highest BCUT2D eigenvalue weighted by atomic mass is 79.9. The Balaban J connectivity index is 1.59. The van der Waals surface area contributed by atoms with Crippen molar-refractivity contribution in [3.63, 3.8) is 0 Å². The van der Waals surface area contributed by atoms with Crippen molar-refractivity contribution in [2.75, 3.05) is 13.2 Å². The van der Waals surface area contributed by atoms with Crippen molar-refractivity contribution in [3.8, 4) is 5.75 Å². The Bertz CT molecular complexity index is 1640. The molecular weight excluding hydrogens is 622 g/mol. The zero-order valence-corrected chi connectivity index (χ0v) is 25.6. The van der Waals surface area contributed by atoms with Gasteiger partial charge in [0, 0.05) is 40.9 Å². The molecule has 10 heteroatoms. The molecule has 0 saturated carbocycles. The van der Waals surface area contributed by atoms with Crippen molar-refractivity contribution in [1.82, 2.24) is 5.32 Å². The molecule has 2 atom stereocenters. The molecule has 0 bridgehead atoms. The SMILES string of the molecule is [N-]=[N+]=NCc1ccccc1C[C@@]1(C(=O)NCc2ccccc2)N=C(c2ccc(OCCCO)cc2)O[C@@H]1c1ccc(Br)cc1. The molecule has 2 N–H and O–H groups in total. The summed E-state index contributed by atoms with van der Waals surface area (Å²) in [5.41, 5.74) is 11.7. The predicted octanol–water partition coefficient (Wildman–Crippen LogP) is 6.84. The summed E-state index contributed by atoms with van der Waals surface area (Å²) in [4.78, 5) is 22.5. The first-order chi connectivity index (χ1) is 21.5. The second kappa shape index (κ2) is 14.7. The third-order valence-corrected chi connectivity index (χ3v) is 7.91. The van der Waals surface area contributed by atoms with Crippen LogP contribution in [0.3, 0.4) is 0 Å². The smallest absolute Gasteiger partial charge is 0.252 e. The van der Waals surface area contributed by atoms with Crippen LogP contribution in [-0.2, 0) is 29.0 Å². The largest absolute Gasteiger partial charge is 0.494 e. The Hall–Kier alpha value is -4.63. The van der Waals surface area contributed by atoms with Crippen LogP contribution in [0.2, 0.25) is 0 Å². The van der Waals surface area contributed by atoms with Crippen molar-refractivity contribution < 1.29 is 19.4 Å². The maximum Gasteiger partial charge on any atom is 0.252 e. The molecule has 5 rings (SSSR count). The Morgan fingerprint density at radius 2 is 1.70 bits per heavy atom. The summed E-state index contributed by atoms with van der Waals surface area (Å²) in [6, 6.07) is 32.3. The Labute approximate surface area is 264 Å². The first-order valence-corrected chi connectivity index (χ1v) is 15.1. The lowest BCUT2D eigenvalue weighted by atomic mass is 9.81. The van der Waals surface area contributed by atoms with E-state index < -0.39 is 11.6 Å². The number of benzene rings is 4. The molecular formula is C34H32BrN5O4. The van der Waals surface area contributed by atoms with E-state index in [0.717, 1.165) is 26.7 Å². The number of amides is 1. The van der Waals surface area contributed by atoms with Gasteiger partial charge in [0.15, 0.2) is 11.6 Å². The molecule has 0 aliphatic carbocycles. The maximum absolute atomic E-state index is 14.5. The summed E-state index contributed by atoms with van der Waals surface area (Å²) in [6.07, 6.45) is -0.0136. The van der Waals surface area contributed by atoms with Gasteiger partial charge in [-0.25, -0.2) is 4.99 Å². The second-order valence-corrected chi connectivity index (χ2v) is 11.3. The van der Waals surface area contributed by atoms with Gasteiger partial charge in [0.25, 0.3) is 5.91 Å². The summed E-state index contributed by atoms with van der Waals surface area (Å²) < 4.78 is 13.2. The normalized spacial score (nSPS) is 17.2. The topological polar surface area (TPSA) is 129 Å². The predicted molar refractivity (Wildman–Crippen MR) is 172 cm³/mol. The maximum atomic E-state index is 14.5. The van der Waals surface area contributed by atoms with Gasteiger partial charge in [-0.1, -0.05) is 87.8 Å². The standard InChI is InChI=1S/C34H32BrN5O4/c35-29-15-11-25(12-16-29)31-34(33(42)37-22-24-7-2-1-3-8-24,21-27-9-4-5-10-28(27)23-38-40-36)39-32(44-31)26-13-17-30(18-14-26)43-20-6-19-41/h1-5,7-18,31,41H,6,19-23H2,(H,37,42)/t31-,34-/m1/s1. The number of azide groups is 1. The van der Waals surface area contributed by atoms with Crippen molar-refractivity contribution in [1.29, 1.82) is 0 Å². The first-order valence-electron chi connectivity index (χ1n) is 14.3. The third kappa shape index (κ3) is 7.29. The first kappa shape index (κ1) is 30.8. The Morgan fingerprint density at radius 1 is 1.00 bits per heavy atom. The van der Waals surface area contributed by atoms with Crippen LogP contribution >= 0.6 is 15.9 Å². The molecule has 1 amide bonds. The molecule has 1 heterocycles. The van der Waals surface area contributed by atoms with Crippen LogP contribution in [0.1, 0.15) is 40.3 Å². The van der Waals surface area contributed by atoms with Crippen LogP contribution in [0.4, 0.5) is 0 Å². The highest BCUT2D eigenvalue weighted by Gasteiger charge is 2.53. The number of nitrogens with one attached hydrogen (secondary N) is 1. The van der Waals surface area contributed by atoms with E-state index in [0.29, 0.717) is 36.8 Å². The molecule has 0 unspecified atom stereocenters. The summed E-state index contributed by atoms with van der Waals surface area (Å²) in [7, 11) is 0. The second-order valence-electron chi connectivity index (χ2n) is 10.3. The zero-order valence-electron chi connectivity index (χ0n) is 24.0. The summed E-state index contributed by atoms with van der Waals surface area (Å²) >= 11 is 3.51. The Morgan fingerprint density at radius 3 is 2.41 bits per heavy atom. The minimum absolute atomic E-state index is 0.0561. The van der Waals surface area contributed by atoms with Gasteiger partial charge in [0.05, 0.1) is 13.2 Å². The average molecular weight is 655 g/mol. The van der Waals surface area contributed by atoms with E-state index in [2.05, 4.69) is 31.3 Å². The van der Waals surface area contributed by atoms with Crippen LogP contribution in [0, 0.1) is 0 Å². The van der Waals surface area contributed by atoms with Gasteiger partial charge < -0.3 is 19.9 Å². The number of aliphatic hydroxyl groups excluding tert-OH is 1. The molecule has 4 aromatic rings. The van der Waals surface area contributed by atoms with Crippen LogP contribution in [0.25, 0.3) is 10.4 Å². The number of aliphatic hydroxyl groups is 1. The number of carbonyl (C=O) groups is 1. The molecule has 0 radical (unpaired) electrons. The number of ether oxygens (including phenoxy) is 2. The number of rotatable bonds is 13. The van der Waals surface area contributed by atoms with E-state index in [1.165, 1.54) is 0 Å². The number of halogens is 1. The third-order valence-electron chi connectivity index (χ3n) is 7.38. The molecule has 0 saturated heterocycles. The number of carbonyl (C=O) groups excluding carboxylic acids is 1. The lowest BCUT2D eigenvalue weighted by Crippen LogP contribution is -2.49. The van der Waals surface area contributed by atoms with Gasteiger partial charge in [0.2, 0.25) is 5.90 Å². The van der Waals surface area contributed by atoms with Crippen molar-refractivity contribution in [3.05, 3.63) is 146 Å². The van der Waals surface area contributed by atoms with E-state index in [1.807, 2.05) is 103 Å². The van der Waals surface area contributed by atoms with Gasteiger partial charge in [-0.05, 0) is 64.2 Å². The molecule has 9 nitrogen and oxygen atoms in total. The monoisotopic (exact) mass is 653 g/mol. The molecule has 0 spiro atoms. The van der Waals surface area contributed by atoms with E-state index in [9.17, 15) is 4.79 Å². The van der Waals surface area contributed by atoms with E-state index in [-0.39, 0.29) is 25.5 Å². The lowest BCUT2D eigenvalue weighted by molar-refractivity contribution is -0.129. The molecule has 224 valence electrons. The minimum Gasteiger partial charge on any atom is -0.494 e. The molecule has 1 aliphatic heterocycles. The van der Waals surface area contributed by atoms with Gasteiger partial charge in [-0.3, -0.25) is 4.79 Å². The molecule has 0 aromatic heterocycles. The van der Waals surface area contributed by atoms with Gasteiger partial charge in [0.1, 0.15) is 5.75 Å². The number of hydrogen-bond acceptors (Lipinski definition) is 6. The minimum atomic E-state index is -1.39. The van der Waals surface area contributed by atoms with Crippen LogP contribution < -0.4 is 10.1 Å². The van der Waals surface area contributed by atoms with Crippen LogP contribution in [-0.4, -0.2) is 35.7 Å². The molecule has 0 fully saturated rings. The molecule has 44 heavy (non-hydrogen) atoms. The van der Waals surface area contributed by atoms with Crippen molar-refractivity contribution in [2.45, 2.75) is 37.6 Å². The zero-order chi connectivity index (χ0) is 30.8. The highest BCUT2D eigenvalue weighted by Crippen LogP contribution is 2.43. The quantitative estimate of drug-likeness (QED) is 0.0708. The Kier molecular flexibility index (Phi) is 10.3. The summed E-state index contributed by atoms with van der Waals surface area (Å²) in [6.45, 7) is 0.922. The van der Waals surface area contributed by atoms with E-state index in [1.54, 1.807) is 0 Å². The van der Waals surface area contributed by atoms with Gasteiger partial charge in [-0.2, -0.15) is 0 Å². The number of nitrogens with zero attached hydrogens (tertiary/aromatic N) is 4. The van der Waals surface area contributed by atoms with Gasteiger partial charge >= 0.3 is 0 Å². The summed E-state index contributed by atoms with van der Waals surface area (Å²) in [5.74, 6) is 0.707. The molecule has 1 aliphatic rings. The summed E-state index contributed by atoms with van der Waals surface area (Å²) in [5, 5.41) is 16.0. The fourth-order valence-electron chi connectivity index (χ4n) is 5.13. The fourth-order valence-corrected chi connectivity index (χ4v) is 5.40. The average Bonchev–Trinajstić information content (AvgIpc) is 3.45. The van der Waals surface area contributed by atoms with Crippen molar-refractivity contribution in [2.24, 2.45) is 10.1 Å². The van der Waals surface area contributed by atoms with Crippen molar-refractivity contribution >= 4 is 27.7 Å². The van der Waals surface area contributed by atoms with E-state index >= 15 is 0 Å². The van der Waals surface area contributed by atoms with Crippen LogP contribution in [0.5, 0.6) is 5.75 Å². The lowest BCUT2D eigenvalue weighted by Gasteiger charge is -2.31. The van der Waals surface area contributed by atoms with Gasteiger partial charge in [-0.15, -0.1) is 0 Å². The molecule has 4 aromatic carbocycles. The van der Waals surface area contributed by atoms with Crippen LogP contribution in [0.15, 0.2) is 118 Å².